The van der Waals surface area contributed by atoms with E-state index in [2.05, 4.69) is 10.2 Å². The van der Waals surface area contributed by atoms with Crippen LogP contribution in [0.3, 0.4) is 0 Å². The number of anilines is 1. The van der Waals surface area contributed by atoms with Gasteiger partial charge in [-0.1, -0.05) is 12.1 Å². The van der Waals surface area contributed by atoms with Gasteiger partial charge in [-0.3, -0.25) is 9.89 Å². The van der Waals surface area contributed by atoms with Gasteiger partial charge in [-0.2, -0.15) is 5.10 Å². The molecular formula is C17H21N3O. The molecule has 1 heterocycles. The summed E-state index contributed by atoms with van der Waals surface area (Å²) >= 11 is 0. The number of hydrogen-bond acceptors (Lipinski definition) is 2. The minimum Gasteiger partial charge on any atom is -0.307 e. The van der Waals surface area contributed by atoms with Gasteiger partial charge in [0.15, 0.2) is 5.69 Å². The average molecular weight is 283 g/mol. The van der Waals surface area contributed by atoms with Crippen molar-refractivity contribution in [1.82, 2.24) is 10.2 Å². The highest BCUT2D eigenvalue weighted by Gasteiger charge is 2.25. The first-order valence-electron chi connectivity index (χ1n) is 7.65. The van der Waals surface area contributed by atoms with Crippen molar-refractivity contribution in [3.63, 3.8) is 0 Å². The summed E-state index contributed by atoms with van der Waals surface area (Å²) in [6.07, 6.45) is 4.28. The van der Waals surface area contributed by atoms with Crippen molar-refractivity contribution < 1.29 is 4.79 Å². The summed E-state index contributed by atoms with van der Waals surface area (Å²) in [5, 5.41) is 7.35. The zero-order valence-corrected chi connectivity index (χ0v) is 12.6. The lowest BCUT2D eigenvalue weighted by Crippen LogP contribution is -2.31. The summed E-state index contributed by atoms with van der Waals surface area (Å²) in [6.45, 7) is 4.68. The summed E-state index contributed by atoms with van der Waals surface area (Å²) in [4.78, 5) is 14.7. The molecule has 1 amide bonds. The highest BCUT2D eigenvalue weighted by Crippen LogP contribution is 2.25. The van der Waals surface area contributed by atoms with Crippen LogP contribution in [-0.2, 0) is 12.8 Å². The fourth-order valence-electron chi connectivity index (χ4n) is 3.02. The van der Waals surface area contributed by atoms with E-state index in [9.17, 15) is 4.79 Å². The van der Waals surface area contributed by atoms with Gasteiger partial charge in [0.2, 0.25) is 0 Å². The van der Waals surface area contributed by atoms with Gasteiger partial charge < -0.3 is 4.90 Å². The van der Waals surface area contributed by atoms with Gasteiger partial charge in [-0.15, -0.1) is 0 Å². The van der Waals surface area contributed by atoms with Gasteiger partial charge in [-0.05, 0) is 57.2 Å². The highest BCUT2D eigenvalue weighted by molar-refractivity contribution is 6.05. The number of carbonyl (C=O) groups is 1. The first-order valence-corrected chi connectivity index (χ1v) is 7.65. The molecule has 2 aromatic rings. The number of aromatic amines is 1. The Balaban J connectivity index is 1.94. The molecule has 3 rings (SSSR count). The van der Waals surface area contributed by atoms with Crippen molar-refractivity contribution in [1.29, 1.82) is 0 Å². The molecule has 4 heteroatoms. The predicted molar refractivity (Wildman–Crippen MR) is 83.8 cm³/mol. The Bertz CT molecular complexity index is 660. The molecule has 0 spiro atoms. The third-order valence-corrected chi connectivity index (χ3v) is 4.13. The minimum absolute atomic E-state index is 0.00231. The van der Waals surface area contributed by atoms with Crippen LogP contribution < -0.4 is 4.90 Å². The van der Waals surface area contributed by atoms with E-state index in [1.807, 2.05) is 38.1 Å². The van der Waals surface area contributed by atoms with Crippen molar-refractivity contribution in [2.75, 3.05) is 11.4 Å². The normalized spacial score (nSPS) is 13.8. The largest absolute Gasteiger partial charge is 0.307 e. The van der Waals surface area contributed by atoms with Gasteiger partial charge in [0, 0.05) is 23.5 Å². The first kappa shape index (κ1) is 13.9. The molecule has 0 unspecified atom stereocenters. The number of fused-ring (bicyclic) bond motifs is 1. The van der Waals surface area contributed by atoms with Crippen LogP contribution in [0.2, 0.25) is 0 Å². The molecule has 21 heavy (non-hydrogen) atoms. The Morgan fingerprint density at radius 1 is 1.33 bits per heavy atom. The standard InChI is InChI=1S/C17H21N3O/c1-3-20(13-8-6-7-12(2)11-13)17(21)16-14-9-4-5-10-15(14)18-19-16/h6-8,11H,3-5,9-10H2,1-2H3,(H,18,19). The molecule has 1 aromatic heterocycles. The molecule has 0 fully saturated rings. The van der Waals surface area contributed by atoms with E-state index in [1.165, 1.54) is 6.42 Å². The molecule has 4 nitrogen and oxygen atoms in total. The first-order chi connectivity index (χ1) is 10.2. The van der Waals surface area contributed by atoms with Crippen LogP contribution in [0.4, 0.5) is 5.69 Å². The number of nitrogens with one attached hydrogen (secondary N) is 1. The molecule has 1 N–H and O–H groups in total. The van der Waals surface area contributed by atoms with Crippen molar-refractivity contribution in [3.05, 3.63) is 46.8 Å². The van der Waals surface area contributed by atoms with Crippen LogP contribution in [0.25, 0.3) is 0 Å². The Labute approximate surface area is 125 Å². The topological polar surface area (TPSA) is 49.0 Å². The van der Waals surface area contributed by atoms with Crippen LogP contribution in [0.1, 0.15) is 47.1 Å². The van der Waals surface area contributed by atoms with Crippen LogP contribution in [0, 0.1) is 6.92 Å². The average Bonchev–Trinajstić information content (AvgIpc) is 2.92. The molecule has 0 bridgehead atoms. The number of amides is 1. The Morgan fingerprint density at radius 2 is 2.14 bits per heavy atom. The van der Waals surface area contributed by atoms with Gasteiger partial charge in [0.25, 0.3) is 5.91 Å². The van der Waals surface area contributed by atoms with Gasteiger partial charge in [0.1, 0.15) is 0 Å². The zero-order chi connectivity index (χ0) is 14.8. The van der Waals surface area contributed by atoms with Crippen LogP contribution in [0.5, 0.6) is 0 Å². The van der Waals surface area contributed by atoms with E-state index in [1.54, 1.807) is 4.90 Å². The molecule has 1 aliphatic carbocycles. The van der Waals surface area contributed by atoms with Crippen molar-refractivity contribution >= 4 is 11.6 Å². The molecule has 110 valence electrons. The number of nitrogens with zero attached hydrogens (tertiary/aromatic N) is 2. The molecule has 1 aliphatic rings. The molecule has 0 radical (unpaired) electrons. The SMILES string of the molecule is CCN(C(=O)c1n[nH]c2c1CCCC2)c1cccc(C)c1. The summed E-state index contributed by atoms with van der Waals surface area (Å²) < 4.78 is 0. The van der Waals surface area contributed by atoms with Gasteiger partial charge in [0.05, 0.1) is 0 Å². The second-order valence-corrected chi connectivity index (χ2v) is 5.62. The minimum atomic E-state index is 0.00231. The monoisotopic (exact) mass is 283 g/mol. The Morgan fingerprint density at radius 3 is 2.90 bits per heavy atom. The van der Waals surface area contributed by atoms with Crippen molar-refractivity contribution in [3.8, 4) is 0 Å². The zero-order valence-electron chi connectivity index (χ0n) is 12.6. The summed E-state index contributed by atoms with van der Waals surface area (Å²) in [5.41, 5.74) is 4.97. The van der Waals surface area contributed by atoms with Crippen molar-refractivity contribution in [2.24, 2.45) is 0 Å². The predicted octanol–water partition coefficient (Wildman–Crippen LogP) is 3.26. The summed E-state index contributed by atoms with van der Waals surface area (Å²) in [6, 6.07) is 8.05. The van der Waals surface area contributed by atoms with Gasteiger partial charge in [-0.25, -0.2) is 0 Å². The number of benzene rings is 1. The second-order valence-electron chi connectivity index (χ2n) is 5.62. The quantitative estimate of drug-likeness (QED) is 0.940. The number of rotatable bonds is 3. The van der Waals surface area contributed by atoms with Crippen LogP contribution >= 0.6 is 0 Å². The summed E-state index contributed by atoms with van der Waals surface area (Å²) in [5.74, 6) is 0.00231. The number of aromatic nitrogens is 2. The molecule has 0 atom stereocenters. The van der Waals surface area contributed by atoms with E-state index < -0.39 is 0 Å². The van der Waals surface area contributed by atoms with E-state index in [4.69, 9.17) is 0 Å². The molecule has 0 saturated heterocycles. The number of carbonyl (C=O) groups excluding carboxylic acids is 1. The van der Waals surface area contributed by atoms with Crippen LogP contribution in [-0.4, -0.2) is 22.6 Å². The fourth-order valence-corrected chi connectivity index (χ4v) is 3.02. The Hall–Kier alpha value is -2.10. The lowest BCUT2D eigenvalue weighted by atomic mass is 9.95. The van der Waals surface area contributed by atoms with Crippen molar-refractivity contribution in [2.45, 2.75) is 39.5 Å². The van der Waals surface area contributed by atoms with E-state index in [-0.39, 0.29) is 5.91 Å². The van der Waals surface area contributed by atoms with E-state index in [0.717, 1.165) is 41.8 Å². The molecule has 1 aromatic carbocycles. The lowest BCUT2D eigenvalue weighted by Gasteiger charge is -2.21. The smallest absolute Gasteiger partial charge is 0.279 e. The lowest BCUT2D eigenvalue weighted by molar-refractivity contribution is 0.0982. The third-order valence-electron chi connectivity index (χ3n) is 4.13. The maximum absolute atomic E-state index is 12.9. The van der Waals surface area contributed by atoms with E-state index in [0.29, 0.717) is 12.2 Å². The Kier molecular flexibility index (Phi) is 3.78. The molecule has 0 saturated carbocycles. The number of H-pyrrole nitrogens is 1. The van der Waals surface area contributed by atoms with Gasteiger partial charge >= 0.3 is 0 Å². The second kappa shape index (κ2) is 5.72. The maximum Gasteiger partial charge on any atom is 0.279 e. The third kappa shape index (κ3) is 2.58. The van der Waals surface area contributed by atoms with Crippen LogP contribution in [0.15, 0.2) is 24.3 Å². The molecule has 0 aliphatic heterocycles. The summed E-state index contributed by atoms with van der Waals surface area (Å²) in [7, 11) is 0. The fraction of sp³-hybridized carbons (Fsp3) is 0.412. The van der Waals surface area contributed by atoms with E-state index >= 15 is 0 Å². The maximum atomic E-state index is 12.9. The number of aryl methyl sites for hydroxylation is 2. The highest BCUT2D eigenvalue weighted by atomic mass is 16.2. The molecular weight excluding hydrogens is 262 g/mol. The number of hydrogen-bond donors (Lipinski definition) is 1.